The monoisotopic (exact) mass is 448 g/mol. The average molecular weight is 448 g/mol. The van der Waals surface area contributed by atoms with Gasteiger partial charge in [-0.15, -0.1) is 0 Å². The molecule has 0 aliphatic carbocycles. The lowest BCUT2D eigenvalue weighted by molar-refractivity contribution is -0.269. The van der Waals surface area contributed by atoms with Crippen LogP contribution < -0.4 is 4.72 Å². The van der Waals surface area contributed by atoms with Crippen LogP contribution in [0.15, 0.2) is 53.4 Å². The summed E-state index contributed by atoms with van der Waals surface area (Å²) in [5, 5.41) is 20.7. The molecular formula is C19H23F3N2O5S. The maximum atomic E-state index is 13.6. The van der Waals surface area contributed by atoms with Crippen molar-refractivity contribution in [1.82, 2.24) is 9.03 Å². The maximum Gasteiger partial charge on any atom is 0.421 e. The highest BCUT2D eigenvalue weighted by atomic mass is 32.2. The number of hydrogen-bond donors (Lipinski definition) is 3. The first-order chi connectivity index (χ1) is 13.8. The molecule has 1 aliphatic heterocycles. The maximum absolute atomic E-state index is 13.6. The van der Waals surface area contributed by atoms with Crippen molar-refractivity contribution in [3.05, 3.63) is 59.0 Å². The zero-order valence-electron chi connectivity index (χ0n) is 16.4. The summed E-state index contributed by atoms with van der Waals surface area (Å²) in [6.07, 6.45) is -4.65. The summed E-state index contributed by atoms with van der Waals surface area (Å²) in [5.74, 6) is -1.24. The Morgan fingerprint density at radius 1 is 1.27 bits per heavy atom. The largest absolute Gasteiger partial charge is 0.506 e. The Labute approximate surface area is 172 Å². The number of rotatable bonds is 7. The van der Waals surface area contributed by atoms with Gasteiger partial charge in [0.1, 0.15) is 12.3 Å². The highest BCUT2D eigenvalue weighted by molar-refractivity contribution is 7.88. The second kappa shape index (κ2) is 8.68. The van der Waals surface area contributed by atoms with Gasteiger partial charge in [-0.25, -0.2) is 9.03 Å². The van der Waals surface area contributed by atoms with Gasteiger partial charge in [0.15, 0.2) is 5.60 Å². The van der Waals surface area contributed by atoms with Gasteiger partial charge in [0.25, 0.3) is 5.91 Å². The Bertz CT molecular complexity index is 958. The number of halogens is 3. The molecule has 11 heteroatoms. The molecule has 1 amide bonds. The molecule has 1 saturated heterocycles. The SMILES string of the molecule is CC/C(=C(O)\C=C(/C)CCC(O)(c1ccccc1)C(F)(F)F)N1CC(=O)NS1(=O)=O. The Hall–Kier alpha value is -2.53. The van der Waals surface area contributed by atoms with Crippen LogP contribution in [0.25, 0.3) is 0 Å². The predicted molar refractivity (Wildman–Crippen MR) is 103 cm³/mol. The Morgan fingerprint density at radius 2 is 1.87 bits per heavy atom. The molecule has 7 nitrogen and oxygen atoms in total. The van der Waals surface area contributed by atoms with E-state index in [0.29, 0.717) is 4.31 Å². The molecule has 0 saturated carbocycles. The van der Waals surface area contributed by atoms with Crippen molar-refractivity contribution in [1.29, 1.82) is 0 Å². The van der Waals surface area contributed by atoms with Gasteiger partial charge >= 0.3 is 16.4 Å². The van der Waals surface area contributed by atoms with Crippen molar-refractivity contribution in [3.63, 3.8) is 0 Å². The van der Waals surface area contributed by atoms with E-state index in [9.17, 15) is 36.6 Å². The third-order valence-electron chi connectivity index (χ3n) is 4.74. The van der Waals surface area contributed by atoms with Crippen molar-refractivity contribution in [3.8, 4) is 0 Å². The van der Waals surface area contributed by atoms with E-state index in [0.717, 1.165) is 6.08 Å². The second-order valence-corrected chi connectivity index (χ2v) is 8.53. The van der Waals surface area contributed by atoms with Crippen LogP contribution in [0.1, 0.15) is 38.7 Å². The molecule has 3 N–H and O–H groups in total. The number of aliphatic hydroxyl groups excluding tert-OH is 1. The van der Waals surface area contributed by atoms with Gasteiger partial charge in [-0.3, -0.25) is 4.79 Å². The fraction of sp³-hybridized carbons (Fsp3) is 0.421. The minimum atomic E-state index is -4.92. The summed E-state index contributed by atoms with van der Waals surface area (Å²) >= 11 is 0. The Morgan fingerprint density at radius 3 is 2.33 bits per heavy atom. The molecule has 1 aromatic rings. The van der Waals surface area contributed by atoms with Crippen LogP contribution >= 0.6 is 0 Å². The molecule has 0 aromatic heterocycles. The van der Waals surface area contributed by atoms with Crippen molar-refractivity contribution >= 4 is 16.1 Å². The molecule has 1 unspecified atom stereocenters. The summed E-state index contributed by atoms with van der Waals surface area (Å²) in [5.41, 5.74) is -3.16. The number of alkyl halides is 3. The summed E-state index contributed by atoms with van der Waals surface area (Å²) in [6, 6.07) is 6.68. The van der Waals surface area contributed by atoms with Gasteiger partial charge in [0, 0.05) is 0 Å². The van der Waals surface area contributed by atoms with Crippen LogP contribution in [-0.2, 0) is 20.6 Å². The lowest BCUT2D eigenvalue weighted by Crippen LogP contribution is -2.42. The van der Waals surface area contributed by atoms with Crippen LogP contribution in [-0.4, -0.2) is 41.6 Å². The highest BCUT2D eigenvalue weighted by Crippen LogP contribution is 2.43. The van der Waals surface area contributed by atoms with Gasteiger partial charge in [-0.2, -0.15) is 21.6 Å². The van der Waals surface area contributed by atoms with Gasteiger partial charge in [-0.1, -0.05) is 42.8 Å². The fourth-order valence-corrected chi connectivity index (χ4v) is 4.37. The lowest BCUT2D eigenvalue weighted by atomic mass is 9.87. The van der Waals surface area contributed by atoms with Crippen LogP contribution in [0, 0.1) is 0 Å². The minimum Gasteiger partial charge on any atom is -0.506 e. The molecule has 0 bridgehead atoms. The van der Waals surface area contributed by atoms with Crippen molar-refractivity contribution in [2.75, 3.05) is 6.54 Å². The van der Waals surface area contributed by atoms with Crippen LogP contribution in [0.2, 0.25) is 0 Å². The van der Waals surface area contributed by atoms with E-state index in [1.807, 2.05) is 0 Å². The van der Waals surface area contributed by atoms with E-state index < -0.39 is 46.6 Å². The van der Waals surface area contributed by atoms with Crippen molar-refractivity contribution < 1.29 is 36.6 Å². The minimum absolute atomic E-state index is 0.0559. The predicted octanol–water partition coefficient (Wildman–Crippen LogP) is 3.02. The topological polar surface area (TPSA) is 107 Å². The van der Waals surface area contributed by atoms with Crippen LogP contribution in [0.3, 0.4) is 0 Å². The average Bonchev–Trinajstić information content (AvgIpc) is 2.92. The number of benzene rings is 1. The van der Waals surface area contributed by atoms with Gasteiger partial charge in [0.2, 0.25) is 0 Å². The van der Waals surface area contributed by atoms with E-state index in [2.05, 4.69) is 0 Å². The Balaban J connectivity index is 2.28. The molecular weight excluding hydrogens is 425 g/mol. The number of aliphatic hydroxyl groups is 2. The number of amides is 1. The zero-order valence-corrected chi connectivity index (χ0v) is 17.2. The van der Waals surface area contributed by atoms with Gasteiger partial charge in [-0.05, 0) is 37.8 Å². The number of carbonyl (C=O) groups is 1. The quantitative estimate of drug-likeness (QED) is 0.439. The molecule has 1 aromatic carbocycles. The standard InChI is InChI=1S/C19H23F3N2O5S/c1-3-15(24-12-17(26)23-30(24,28)29)16(25)11-13(2)9-10-18(27,19(20,21)22)14-7-5-4-6-8-14/h4-8,11,25,27H,3,9-10,12H2,1-2H3,(H,23,26)/b13-11+,16-15-. The summed E-state index contributed by atoms with van der Waals surface area (Å²) in [7, 11) is -4.12. The number of nitrogens with one attached hydrogen (secondary N) is 1. The molecule has 1 heterocycles. The molecule has 1 fully saturated rings. The molecule has 1 atom stereocenters. The Kier molecular flexibility index (Phi) is 6.87. The fourth-order valence-electron chi connectivity index (χ4n) is 3.10. The molecule has 0 spiro atoms. The van der Waals surface area contributed by atoms with E-state index in [-0.39, 0.29) is 29.7 Å². The van der Waals surface area contributed by atoms with Crippen molar-refractivity contribution in [2.45, 2.75) is 44.9 Å². The molecule has 166 valence electrons. The summed E-state index contributed by atoms with van der Waals surface area (Å²) in [4.78, 5) is 11.4. The number of nitrogens with zero attached hydrogens (tertiary/aromatic N) is 1. The smallest absolute Gasteiger partial charge is 0.421 e. The van der Waals surface area contributed by atoms with E-state index in [1.165, 1.54) is 37.3 Å². The first kappa shape index (κ1) is 23.7. The number of hydrogen-bond acceptors (Lipinski definition) is 5. The zero-order chi connectivity index (χ0) is 22.7. The summed E-state index contributed by atoms with van der Waals surface area (Å²) in [6.45, 7) is 2.52. The van der Waals surface area contributed by atoms with Crippen molar-refractivity contribution in [2.24, 2.45) is 0 Å². The summed E-state index contributed by atoms with van der Waals surface area (Å²) < 4.78 is 67.1. The second-order valence-electron chi connectivity index (χ2n) is 6.94. The van der Waals surface area contributed by atoms with Gasteiger partial charge in [0.05, 0.1) is 5.70 Å². The molecule has 2 rings (SSSR count). The normalized spacial score (nSPS) is 19.9. The number of carbonyl (C=O) groups excluding carboxylic acids is 1. The number of allylic oxidation sites excluding steroid dienone is 3. The van der Waals surface area contributed by atoms with E-state index in [1.54, 1.807) is 11.6 Å². The highest BCUT2D eigenvalue weighted by Gasteiger charge is 2.54. The van der Waals surface area contributed by atoms with Crippen LogP contribution in [0.5, 0.6) is 0 Å². The third-order valence-corrected chi connectivity index (χ3v) is 6.15. The molecule has 1 aliphatic rings. The molecule has 30 heavy (non-hydrogen) atoms. The van der Waals surface area contributed by atoms with Gasteiger partial charge < -0.3 is 10.2 Å². The first-order valence-corrected chi connectivity index (χ1v) is 10.5. The third kappa shape index (κ3) is 4.96. The van der Waals surface area contributed by atoms with Crippen LogP contribution in [0.4, 0.5) is 13.2 Å². The lowest BCUT2D eigenvalue weighted by Gasteiger charge is -2.31. The van der Waals surface area contributed by atoms with E-state index in [4.69, 9.17) is 0 Å². The first-order valence-electron chi connectivity index (χ1n) is 9.09. The van der Waals surface area contributed by atoms with E-state index >= 15 is 0 Å². The molecule has 0 radical (unpaired) electrons.